The third-order valence-electron chi connectivity index (χ3n) is 1.18. The molecule has 0 N–H and O–H groups in total. The average Bonchev–Trinajstić information content (AvgIpc) is 2.03. The van der Waals surface area contributed by atoms with Gasteiger partial charge >= 0.3 is 0 Å². The first-order valence-electron chi connectivity index (χ1n) is 2.90. The standard InChI is InChI=1S/C8H4N2S/c9-4-6-1-7(5-10)3-8(11)2-6/h1-3,11H. The number of hydrogen-bond acceptors (Lipinski definition) is 3. The molecule has 0 saturated heterocycles. The predicted molar refractivity (Wildman–Crippen MR) is 43.1 cm³/mol. The van der Waals surface area contributed by atoms with Crippen molar-refractivity contribution in [1.82, 2.24) is 0 Å². The van der Waals surface area contributed by atoms with Crippen LogP contribution in [0.5, 0.6) is 0 Å². The maximum Gasteiger partial charge on any atom is 0.0992 e. The molecule has 52 valence electrons. The Balaban J connectivity index is 3.28. The van der Waals surface area contributed by atoms with E-state index in [0.29, 0.717) is 16.0 Å². The van der Waals surface area contributed by atoms with Crippen molar-refractivity contribution >= 4 is 12.6 Å². The molecule has 0 saturated carbocycles. The van der Waals surface area contributed by atoms with E-state index in [4.69, 9.17) is 10.5 Å². The van der Waals surface area contributed by atoms with Crippen molar-refractivity contribution in [3.63, 3.8) is 0 Å². The highest BCUT2D eigenvalue weighted by molar-refractivity contribution is 7.80. The summed E-state index contributed by atoms with van der Waals surface area (Å²) in [5, 5.41) is 17.0. The molecule has 0 heterocycles. The van der Waals surface area contributed by atoms with Gasteiger partial charge in [0, 0.05) is 4.90 Å². The highest BCUT2D eigenvalue weighted by Gasteiger charge is 1.95. The lowest BCUT2D eigenvalue weighted by atomic mass is 10.1. The van der Waals surface area contributed by atoms with Crippen molar-refractivity contribution in [3.8, 4) is 12.1 Å². The van der Waals surface area contributed by atoms with Crippen molar-refractivity contribution in [3.05, 3.63) is 29.3 Å². The van der Waals surface area contributed by atoms with Crippen LogP contribution < -0.4 is 0 Å². The largest absolute Gasteiger partial charge is 0.192 e. The van der Waals surface area contributed by atoms with Crippen LogP contribution >= 0.6 is 12.6 Å². The van der Waals surface area contributed by atoms with Crippen LogP contribution in [0.4, 0.5) is 0 Å². The Morgan fingerprint density at radius 3 is 1.82 bits per heavy atom. The summed E-state index contributed by atoms with van der Waals surface area (Å²) in [7, 11) is 0. The Hall–Kier alpha value is -1.45. The van der Waals surface area contributed by atoms with E-state index in [9.17, 15) is 0 Å². The number of nitriles is 2. The van der Waals surface area contributed by atoms with Gasteiger partial charge in [-0.15, -0.1) is 12.6 Å². The normalized spacial score (nSPS) is 8.27. The molecular weight excluding hydrogens is 156 g/mol. The van der Waals surface area contributed by atoms with Gasteiger partial charge in [0.2, 0.25) is 0 Å². The summed E-state index contributed by atoms with van der Waals surface area (Å²) in [6.07, 6.45) is 0. The van der Waals surface area contributed by atoms with Gasteiger partial charge in [0.25, 0.3) is 0 Å². The molecule has 1 aromatic carbocycles. The minimum Gasteiger partial charge on any atom is -0.192 e. The van der Waals surface area contributed by atoms with E-state index in [1.807, 2.05) is 12.1 Å². The van der Waals surface area contributed by atoms with Crippen LogP contribution in [0.2, 0.25) is 0 Å². The molecule has 0 spiro atoms. The molecule has 0 atom stereocenters. The van der Waals surface area contributed by atoms with Crippen LogP contribution in [0.1, 0.15) is 11.1 Å². The van der Waals surface area contributed by atoms with Gasteiger partial charge in [0.1, 0.15) is 0 Å². The smallest absolute Gasteiger partial charge is 0.0992 e. The Bertz CT molecular complexity index is 325. The lowest BCUT2D eigenvalue weighted by Gasteiger charge is -1.92. The zero-order chi connectivity index (χ0) is 8.27. The fraction of sp³-hybridized carbons (Fsp3) is 0. The van der Waals surface area contributed by atoms with Gasteiger partial charge in [0.15, 0.2) is 0 Å². The van der Waals surface area contributed by atoms with Gasteiger partial charge in [-0.1, -0.05) is 0 Å². The number of rotatable bonds is 0. The minimum absolute atomic E-state index is 0.467. The number of hydrogen-bond donors (Lipinski definition) is 1. The second-order valence-electron chi connectivity index (χ2n) is 1.99. The topological polar surface area (TPSA) is 47.6 Å². The maximum absolute atomic E-state index is 8.49. The Morgan fingerprint density at radius 2 is 1.45 bits per heavy atom. The zero-order valence-electron chi connectivity index (χ0n) is 5.57. The molecule has 0 aliphatic carbocycles. The lowest BCUT2D eigenvalue weighted by molar-refractivity contribution is 1.37. The first kappa shape index (κ1) is 7.65. The third-order valence-corrected chi connectivity index (χ3v) is 1.43. The monoisotopic (exact) mass is 160 g/mol. The minimum atomic E-state index is 0.467. The van der Waals surface area contributed by atoms with Crippen molar-refractivity contribution in [2.75, 3.05) is 0 Å². The van der Waals surface area contributed by atoms with Crippen LogP contribution in [-0.4, -0.2) is 0 Å². The summed E-state index contributed by atoms with van der Waals surface area (Å²) >= 11 is 4.03. The van der Waals surface area contributed by atoms with Gasteiger partial charge in [-0.25, -0.2) is 0 Å². The van der Waals surface area contributed by atoms with E-state index >= 15 is 0 Å². The molecule has 0 bridgehead atoms. The Morgan fingerprint density at radius 1 is 1.00 bits per heavy atom. The summed E-state index contributed by atoms with van der Waals surface area (Å²) in [5.74, 6) is 0. The molecule has 0 unspecified atom stereocenters. The molecule has 0 aliphatic heterocycles. The summed E-state index contributed by atoms with van der Waals surface area (Å²) in [6.45, 7) is 0. The predicted octanol–water partition coefficient (Wildman–Crippen LogP) is 1.72. The van der Waals surface area contributed by atoms with Crippen LogP contribution in [0.3, 0.4) is 0 Å². The molecule has 11 heavy (non-hydrogen) atoms. The van der Waals surface area contributed by atoms with Crippen molar-refractivity contribution in [2.24, 2.45) is 0 Å². The Labute approximate surface area is 70.1 Å². The van der Waals surface area contributed by atoms with E-state index in [-0.39, 0.29) is 0 Å². The number of benzene rings is 1. The second-order valence-corrected chi connectivity index (χ2v) is 2.51. The Kier molecular flexibility index (Phi) is 2.15. The second kappa shape index (κ2) is 3.09. The van der Waals surface area contributed by atoms with E-state index in [1.54, 1.807) is 12.1 Å². The maximum atomic E-state index is 8.49. The van der Waals surface area contributed by atoms with Crippen LogP contribution in [0.15, 0.2) is 23.1 Å². The quantitative estimate of drug-likeness (QED) is 0.587. The molecule has 2 nitrogen and oxygen atoms in total. The number of thiol groups is 1. The van der Waals surface area contributed by atoms with Gasteiger partial charge < -0.3 is 0 Å². The van der Waals surface area contributed by atoms with E-state index in [1.165, 1.54) is 6.07 Å². The molecule has 0 amide bonds. The zero-order valence-corrected chi connectivity index (χ0v) is 6.47. The van der Waals surface area contributed by atoms with Gasteiger partial charge in [0.05, 0.1) is 23.3 Å². The summed E-state index contributed by atoms with van der Waals surface area (Å²) < 4.78 is 0. The SMILES string of the molecule is N#Cc1cc(S)cc(C#N)c1. The number of nitrogens with zero attached hydrogens (tertiary/aromatic N) is 2. The lowest BCUT2D eigenvalue weighted by Crippen LogP contribution is -1.78. The average molecular weight is 160 g/mol. The molecule has 1 rings (SSSR count). The van der Waals surface area contributed by atoms with E-state index in [2.05, 4.69) is 12.6 Å². The van der Waals surface area contributed by atoms with E-state index in [0.717, 1.165) is 0 Å². The van der Waals surface area contributed by atoms with Crippen molar-refractivity contribution in [1.29, 1.82) is 10.5 Å². The van der Waals surface area contributed by atoms with Crippen LogP contribution in [0, 0.1) is 22.7 Å². The van der Waals surface area contributed by atoms with Gasteiger partial charge in [-0.3, -0.25) is 0 Å². The van der Waals surface area contributed by atoms with Crippen molar-refractivity contribution in [2.45, 2.75) is 4.90 Å². The van der Waals surface area contributed by atoms with Crippen molar-refractivity contribution < 1.29 is 0 Å². The molecule has 1 aromatic rings. The molecule has 0 radical (unpaired) electrons. The van der Waals surface area contributed by atoms with Crippen LogP contribution in [-0.2, 0) is 0 Å². The molecule has 3 heteroatoms. The summed E-state index contributed by atoms with van der Waals surface area (Å²) in [6, 6.07) is 8.64. The highest BCUT2D eigenvalue weighted by atomic mass is 32.1. The molecule has 0 aliphatic rings. The first-order valence-corrected chi connectivity index (χ1v) is 3.35. The first-order chi connectivity index (χ1) is 5.26. The molecular formula is C8H4N2S. The highest BCUT2D eigenvalue weighted by Crippen LogP contribution is 2.11. The summed E-state index contributed by atoms with van der Waals surface area (Å²) in [4.78, 5) is 0.639. The fourth-order valence-corrected chi connectivity index (χ4v) is 1.02. The van der Waals surface area contributed by atoms with E-state index < -0.39 is 0 Å². The summed E-state index contributed by atoms with van der Waals surface area (Å²) in [5.41, 5.74) is 0.933. The fourth-order valence-electron chi connectivity index (χ4n) is 0.740. The third kappa shape index (κ3) is 1.73. The van der Waals surface area contributed by atoms with Gasteiger partial charge in [-0.2, -0.15) is 10.5 Å². The molecule has 0 fully saturated rings. The molecule has 0 aromatic heterocycles. The van der Waals surface area contributed by atoms with Crippen LogP contribution in [0.25, 0.3) is 0 Å². The van der Waals surface area contributed by atoms with Gasteiger partial charge in [-0.05, 0) is 18.2 Å².